The highest BCUT2D eigenvalue weighted by molar-refractivity contribution is 5.04. The third-order valence-electron chi connectivity index (χ3n) is 3.86. The fraction of sp³-hybridized carbons (Fsp3) is 0.769. The van der Waals surface area contributed by atoms with Gasteiger partial charge in [0.25, 0.3) is 0 Å². The van der Waals surface area contributed by atoms with Gasteiger partial charge in [0, 0.05) is 18.8 Å². The Balaban J connectivity index is 1.96. The van der Waals surface area contributed by atoms with Crippen LogP contribution in [0.15, 0.2) is 12.5 Å². The maximum Gasteiger partial charge on any atom is 0.0948 e. The van der Waals surface area contributed by atoms with E-state index in [1.165, 1.54) is 31.6 Å². The molecule has 2 N–H and O–H groups in total. The number of imidazole rings is 1. The lowest BCUT2D eigenvalue weighted by Crippen LogP contribution is -2.32. The highest BCUT2D eigenvalue weighted by atomic mass is 15.1. The molecule has 0 unspecified atom stereocenters. The van der Waals surface area contributed by atoms with Crippen LogP contribution in [0.3, 0.4) is 0 Å². The summed E-state index contributed by atoms with van der Waals surface area (Å²) in [5.74, 6) is 0.781. The predicted octanol–water partition coefficient (Wildman–Crippen LogP) is 1.63. The van der Waals surface area contributed by atoms with Gasteiger partial charge < -0.3 is 15.2 Å². The SMILES string of the molecule is CC[C@@H](N)c1cncn1CC1CCN(C)CC1. The van der Waals surface area contributed by atoms with Crippen molar-refractivity contribution in [2.45, 2.75) is 38.8 Å². The molecular formula is C13H24N4. The minimum Gasteiger partial charge on any atom is -0.333 e. The van der Waals surface area contributed by atoms with Crippen molar-refractivity contribution in [1.29, 1.82) is 0 Å². The molecule has 0 saturated carbocycles. The average molecular weight is 236 g/mol. The predicted molar refractivity (Wildman–Crippen MR) is 69.7 cm³/mol. The van der Waals surface area contributed by atoms with Crippen LogP contribution in [-0.4, -0.2) is 34.6 Å². The first-order chi connectivity index (χ1) is 8.20. The van der Waals surface area contributed by atoms with Crippen LogP contribution in [0.1, 0.15) is 37.9 Å². The molecule has 96 valence electrons. The molecule has 1 fully saturated rings. The van der Waals surface area contributed by atoms with E-state index in [-0.39, 0.29) is 6.04 Å². The summed E-state index contributed by atoms with van der Waals surface area (Å²) in [5.41, 5.74) is 7.28. The first-order valence-electron chi connectivity index (χ1n) is 6.64. The standard InChI is InChI=1S/C13H24N4/c1-3-12(14)13-8-15-10-17(13)9-11-4-6-16(2)7-5-11/h8,10-12H,3-7,9,14H2,1-2H3/t12-/m1/s1. The van der Waals surface area contributed by atoms with E-state index in [4.69, 9.17) is 5.73 Å². The quantitative estimate of drug-likeness (QED) is 0.864. The molecule has 4 nitrogen and oxygen atoms in total. The number of nitrogens with two attached hydrogens (primary N) is 1. The topological polar surface area (TPSA) is 47.1 Å². The van der Waals surface area contributed by atoms with Gasteiger partial charge in [-0.25, -0.2) is 4.98 Å². The van der Waals surface area contributed by atoms with Gasteiger partial charge >= 0.3 is 0 Å². The van der Waals surface area contributed by atoms with E-state index in [9.17, 15) is 0 Å². The average Bonchev–Trinajstić information content (AvgIpc) is 2.79. The van der Waals surface area contributed by atoms with E-state index >= 15 is 0 Å². The summed E-state index contributed by atoms with van der Waals surface area (Å²) >= 11 is 0. The smallest absolute Gasteiger partial charge is 0.0948 e. The lowest BCUT2D eigenvalue weighted by Gasteiger charge is -2.29. The highest BCUT2D eigenvalue weighted by Crippen LogP contribution is 2.21. The fourth-order valence-corrected chi connectivity index (χ4v) is 2.52. The molecule has 0 aromatic carbocycles. The minimum absolute atomic E-state index is 0.128. The van der Waals surface area contributed by atoms with Crippen molar-refractivity contribution in [3.63, 3.8) is 0 Å². The molecule has 0 amide bonds. The number of piperidine rings is 1. The number of hydrogen-bond donors (Lipinski definition) is 1. The maximum absolute atomic E-state index is 6.10. The zero-order valence-corrected chi connectivity index (χ0v) is 11.0. The van der Waals surface area contributed by atoms with Crippen LogP contribution >= 0.6 is 0 Å². The molecule has 1 saturated heterocycles. The van der Waals surface area contributed by atoms with Crippen LogP contribution in [-0.2, 0) is 6.54 Å². The largest absolute Gasteiger partial charge is 0.333 e. The molecule has 1 aliphatic heterocycles. The molecular weight excluding hydrogens is 212 g/mol. The molecule has 4 heteroatoms. The van der Waals surface area contributed by atoms with E-state index in [1.807, 2.05) is 12.5 Å². The Labute approximate surface area is 104 Å². The summed E-state index contributed by atoms with van der Waals surface area (Å²) in [7, 11) is 2.20. The second-order valence-electron chi connectivity index (χ2n) is 5.23. The molecule has 2 heterocycles. The monoisotopic (exact) mass is 236 g/mol. The number of likely N-dealkylation sites (tertiary alicyclic amines) is 1. The summed E-state index contributed by atoms with van der Waals surface area (Å²) in [6.45, 7) is 5.64. The Bertz CT molecular complexity index is 339. The van der Waals surface area contributed by atoms with Gasteiger partial charge in [0.05, 0.1) is 12.0 Å². The number of nitrogens with zero attached hydrogens (tertiary/aromatic N) is 3. The Morgan fingerprint density at radius 3 is 2.82 bits per heavy atom. The second-order valence-corrected chi connectivity index (χ2v) is 5.23. The van der Waals surface area contributed by atoms with Crippen LogP contribution in [0.4, 0.5) is 0 Å². The van der Waals surface area contributed by atoms with E-state index in [0.717, 1.165) is 18.9 Å². The van der Waals surface area contributed by atoms with Gasteiger partial charge in [-0.1, -0.05) is 6.92 Å². The summed E-state index contributed by atoms with van der Waals surface area (Å²) < 4.78 is 2.25. The van der Waals surface area contributed by atoms with Crippen molar-refractivity contribution >= 4 is 0 Å². The molecule has 0 bridgehead atoms. The third kappa shape index (κ3) is 3.07. The third-order valence-corrected chi connectivity index (χ3v) is 3.86. The van der Waals surface area contributed by atoms with Crippen LogP contribution in [0.25, 0.3) is 0 Å². The lowest BCUT2D eigenvalue weighted by atomic mass is 9.97. The lowest BCUT2D eigenvalue weighted by molar-refractivity contribution is 0.204. The van der Waals surface area contributed by atoms with Gasteiger partial charge in [0.2, 0.25) is 0 Å². The second kappa shape index (κ2) is 5.65. The van der Waals surface area contributed by atoms with Gasteiger partial charge in [-0.15, -0.1) is 0 Å². The molecule has 0 aliphatic carbocycles. The van der Waals surface area contributed by atoms with Gasteiger partial charge in [0.1, 0.15) is 0 Å². The van der Waals surface area contributed by atoms with Gasteiger partial charge in [0.15, 0.2) is 0 Å². The van der Waals surface area contributed by atoms with Crippen LogP contribution in [0.2, 0.25) is 0 Å². The normalized spacial score (nSPS) is 20.6. The van der Waals surface area contributed by atoms with Gasteiger partial charge in [-0.3, -0.25) is 0 Å². The van der Waals surface area contributed by atoms with E-state index in [2.05, 4.69) is 28.4 Å². The Morgan fingerprint density at radius 1 is 1.47 bits per heavy atom. The van der Waals surface area contributed by atoms with Crippen LogP contribution < -0.4 is 5.73 Å². The molecule has 17 heavy (non-hydrogen) atoms. The van der Waals surface area contributed by atoms with Crippen molar-refractivity contribution in [2.75, 3.05) is 20.1 Å². The molecule has 0 spiro atoms. The molecule has 1 atom stereocenters. The zero-order valence-electron chi connectivity index (χ0n) is 11.0. The van der Waals surface area contributed by atoms with Crippen molar-refractivity contribution in [2.24, 2.45) is 11.7 Å². The van der Waals surface area contributed by atoms with Crippen molar-refractivity contribution in [1.82, 2.24) is 14.5 Å². The zero-order chi connectivity index (χ0) is 12.3. The fourth-order valence-electron chi connectivity index (χ4n) is 2.52. The van der Waals surface area contributed by atoms with Crippen molar-refractivity contribution in [3.8, 4) is 0 Å². The summed E-state index contributed by atoms with van der Waals surface area (Å²) in [6.07, 6.45) is 7.40. The van der Waals surface area contributed by atoms with Crippen LogP contribution in [0.5, 0.6) is 0 Å². The van der Waals surface area contributed by atoms with Crippen LogP contribution in [0, 0.1) is 5.92 Å². The van der Waals surface area contributed by atoms with Crippen molar-refractivity contribution in [3.05, 3.63) is 18.2 Å². The number of hydrogen-bond acceptors (Lipinski definition) is 3. The molecule has 2 rings (SSSR count). The Morgan fingerprint density at radius 2 is 2.18 bits per heavy atom. The summed E-state index contributed by atoms with van der Waals surface area (Å²) in [5, 5.41) is 0. The number of aromatic nitrogens is 2. The molecule has 1 aromatic heterocycles. The van der Waals surface area contributed by atoms with E-state index < -0.39 is 0 Å². The molecule has 1 aromatic rings. The highest BCUT2D eigenvalue weighted by Gasteiger charge is 2.19. The van der Waals surface area contributed by atoms with E-state index in [0.29, 0.717) is 0 Å². The van der Waals surface area contributed by atoms with E-state index in [1.54, 1.807) is 0 Å². The van der Waals surface area contributed by atoms with Crippen molar-refractivity contribution < 1.29 is 0 Å². The Kier molecular flexibility index (Phi) is 4.18. The number of rotatable bonds is 4. The Hall–Kier alpha value is -0.870. The van der Waals surface area contributed by atoms with Gasteiger partial charge in [-0.05, 0) is 45.3 Å². The first-order valence-corrected chi connectivity index (χ1v) is 6.64. The maximum atomic E-state index is 6.10. The molecule has 1 aliphatic rings. The molecule has 0 radical (unpaired) electrons. The first kappa shape index (κ1) is 12.6. The minimum atomic E-state index is 0.128. The summed E-state index contributed by atoms with van der Waals surface area (Å²) in [6, 6.07) is 0.128. The van der Waals surface area contributed by atoms with Gasteiger partial charge in [-0.2, -0.15) is 0 Å². The summed E-state index contributed by atoms with van der Waals surface area (Å²) in [4.78, 5) is 6.65.